The van der Waals surface area contributed by atoms with Gasteiger partial charge in [0.2, 0.25) is 21.8 Å². The Morgan fingerprint density at radius 2 is 1.72 bits per heavy atom. The second-order valence-electron chi connectivity index (χ2n) is 6.24. The molecule has 1 aliphatic rings. The fourth-order valence-corrected chi connectivity index (χ4v) is 3.77. The number of hydrogen-bond acceptors (Lipinski definition) is 4. The van der Waals surface area contributed by atoms with Gasteiger partial charge in [-0.05, 0) is 42.8 Å². The van der Waals surface area contributed by atoms with Gasteiger partial charge in [-0.2, -0.15) is 0 Å². The summed E-state index contributed by atoms with van der Waals surface area (Å²) in [5.41, 5.74) is -0.0502. The maximum Gasteiger partial charge on any atom is 0.241 e. The molecule has 3 rings (SSSR count). The van der Waals surface area contributed by atoms with Gasteiger partial charge in [0, 0.05) is 18.7 Å². The van der Waals surface area contributed by atoms with Crippen LogP contribution in [0.3, 0.4) is 0 Å². The molecule has 1 fully saturated rings. The van der Waals surface area contributed by atoms with E-state index < -0.39 is 45.6 Å². The average Bonchev–Trinajstić information content (AvgIpc) is 3.13. The molecule has 0 saturated carbocycles. The summed E-state index contributed by atoms with van der Waals surface area (Å²) in [5.74, 6) is -5.77. The first-order valence-electron chi connectivity index (χ1n) is 8.52. The average molecular weight is 427 g/mol. The summed E-state index contributed by atoms with van der Waals surface area (Å²) >= 11 is 0. The van der Waals surface area contributed by atoms with Gasteiger partial charge in [0.25, 0.3) is 0 Å². The van der Waals surface area contributed by atoms with Crippen molar-refractivity contribution >= 4 is 33.2 Å². The first-order valence-corrected chi connectivity index (χ1v) is 10.0. The number of carbonyl (C=O) groups is 2. The van der Waals surface area contributed by atoms with E-state index in [1.54, 1.807) is 4.90 Å². The Kier molecular flexibility index (Phi) is 5.89. The van der Waals surface area contributed by atoms with E-state index in [1.165, 1.54) is 24.3 Å². The molecule has 0 bridgehead atoms. The molecule has 7 nitrogen and oxygen atoms in total. The highest BCUT2D eigenvalue weighted by molar-refractivity contribution is 7.89. The van der Waals surface area contributed by atoms with Crippen molar-refractivity contribution in [2.45, 2.75) is 17.7 Å². The van der Waals surface area contributed by atoms with Crippen LogP contribution in [-0.2, 0) is 19.6 Å². The molecule has 0 atom stereocenters. The van der Waals surface area contributed by atoms with Crippen LogP contribution < -0.4 is 14.9 Å². The van der Waals surface area contributed by atoms with Crippen LogP contribution in [0.15, 0.2) is 41.3 Å². The van der Waals surface area contributed by atoms with Crippen molar-refractivity contribution in [1.82, 2.24) is 4.72 Å². The molecule has 2 aromatic carbocycles. The topological polar surface area (TPSA) is 95.6 Å². The van der Waals surface area contributed by atoms with Crippen LogP contribution in [0.4, 0.5) is 24.5 Å². The fraction of sp³-hybridized carbons (Fsp3) is 0.222. The summed E-state index contributed by atoms with van der Waals surface area (Å²) in [4.78, 5) is 25.0. The van der Waals surface area contributed by atoms with E-state index in [2.05, 4.69) is 0 Å². The molecule has 2 N–H and O–H groups in total. The lowest BCUT2D eigenvalue weighted by atomic mass is 10.3. The molecule has 1 aliphatic heterocycles. The summed E-state index contributed by atoms with van der Waals surface area (Å²) in [6.45, 7) is -0.197. The Bertz CT molecular complexity index is 1060. The van der Waals surface area contributed by atoms with Gasteiger partial charge in [0.1, 0.15) is 0 Å². The quantitative estimate of drug-likeness (QED) is 0.691. The van der Waals surface area contributed by atoms with Gasteiger partial charge in [-0.25, -0.2) is 26.3 Å². The van der Waals surface area contributed by atoms with Crippen LogP contribution in [0.5, 0.6) is 0 Å². The molecule has 2 aromatic rings. The van der Waals surface area contributed by atoms with Crippen molar-refractivity contribution in [3.05, 3.63) is 53.8 Å². The van der Waals surface area contributed by atoms with Crippen LogP contribution in [0.1, 0.15) is 12.8 Å². The van der Waals surface area contributed by atoms with E-state index in [0.717, 1.165) is 12.5 Å². The Hall–Kier alpha value is -2.92. The Morgan fingerprint density at radius 3 is 2.34 bits per heavy atom. The lowest BCUT2D eigenvalue weighted by Gasteiger charge is -2.16. The molecule has 0 aliphatic carbocycles. The van der Waals surface area contributed by atoms with Crippen molar-refractivity contribution in [2.24, 2.45) is 0 Å². The van der Waals surface area contributed by atoms with Gasteiger partial charge in [0.15, 0.2) is 17.5 Å². The van der Waals surface area contributed by atoms with Gasteiger partial charge in [-0.1, -0.05) is 0 Å². The van der Waals surface area contributed by atoms with Gasteiger partial charge < -0.3 is 10.2 Å². The van der Waals surface area contributed by atoms with Crippen LogP contribution in [0.2, 0.25) is 0 Å². The van der Waals surface area contributed by atoms with Gasteiger partial charge in [0.05, 0.1) is 17.1 Å². The monoisotopic (exact) mass is 427 g/mol. The second kappa shape index (κ2) is 8.21. The standard InChI is InChI=1S/C18H16F3N3O4S/c19-13-7-8-14(18(21)17(13)20)23-15(25)10-22-29(27,28)12-5-3-11(4-6-12)24-9-1-2-16(24)26/h3-8,22H,1-2,9-10H2,(H,23,25). The Balaban J connectivity index is 1.63. The highest BCUT2D eigenvalue weighted by Crippen LogP contribution is 2.23. The van der Waals surface area contributed by atoms with E-state index in [0.29, 0.717) is 24.7 Å². The van der Waals surface area contributed by atoms with Crippen LogP contribution in [-0.4, -0.2) is 33.3 Å². The molecular weight excluding hydrogens is 411 g/mol. The fourth-order valence-electron chi connectivity index (χ4n) is 2.79. The number of carbonyl (C=O) groups excluding carboxylic acids is 2. The van der Waals surface area contributed by atoms with Crippen LogP contribution >= 0.6 is 0 Å². The molecule has 1 saturated heterocycles. The summed E-state index contributed by atoms with van der Waals surface area (Å²) in [6.07, 6.45) is 1.17. The summed E-state index contributed by atoms with van der Waals surface area (Å²) in [5, 5.41) is 1.96. The van der Waals surface area contributed by atoms with Crippen molar-refractivity contribution in [2.75, 3.05) is 23.3 Å². The molecule has 0 radical (unpaired) electrons. The minimum absolute atomic E-state index is 0.0418. The molecule has 29 heavy (non-hydrogen) atoms. The number of halogens is 3. The minimum Gasteiger partial charge on any atom is -0.322 e. The van der Waals surface area contributed by atoms with Crippen molar-refractivity contribution in [3.8, 4) is 0 Å². The number of hydrogen-bond donors (Lipinski definition) is 2. The Morgan fingerprint density at radius 1 is 1.03 bits per heavy atom. The first-order chi connectivity index (χ1) is 13.7. The molecule has 11 heteroatoms. The number of rotatable bonds is 6. The lowest BCUT2D eigenvalue weighted by Crippen LogP contribution is -2.33. The molecule has 0 spiro atoms. The summed E-state index contributed by atoms with van der Waals surface area (Å²) < 4.78 is 66.2. The van der Waals surface area contributed by atoms with Gasteiger partial charge in [-0.15, -0.1) is 0 Å². The number of nitrogens with zero attached hydrogens (tertiary/aromatic N) is 1. The summed E-state index contributed by atoms with van der Waals surface area (Å²) in [6, 6.07) is 6.98. The molecule has 0 aromatic heterocycles. The summed E-state index contributed by atoms with van der Waals surface area (Å²) in [7, 11) is -4.07. The molecule has 154 valence electrons. The van der Waals surface area contributed by atoms with Gasteiger partial charge >= 0.3 is 0 Å². The predicted octanol–water partition coefficient (Wildman–Crippen LogP) is 2.15. The van der Waals surface area contributed by atoms with Crippen LogP contribution in [0, 0.1) is 17.5 Å². The number of nitrogens with one attached hydrogen (secondary N) is 2. The third kappa shape index (κ3) is 4.57. The highest BCUT2D eigenvalue weighted by Gasteiger charge is 2.23. The molecule has 1 heterocycles. The predicted molar refractivity (Wildman–Crippen MR) is 98.2 cm³/mol. The van der Waals surface area contributed by atoms with E-state index in [1.807, 2.05) is 10.0 Å². The zero-order valence-corrected chi connectivity index (χ0v) is 15.7. The van der Waals surface area contributed by atoms with E-state index >= 15 is 0 Å². The van der Waals surface area contributed by atoms with E-state index in [4.69, 9.17) is 0 Å². The SMILES string of the molecule is O=C(CNS(=O)(=O)c1ccc(N2CCCC2=O)cc1)Nc1ccc(F)c(F)c1F. The zero-order valence-electron chi connectivity index (χ0n) is 14.9. The first kappa shape index (κ1) is 20.8. The number of anilines is 2. The van der Waals surface area contributed by atoms with Gasteiger partial charge in [-0.3, -0.25) is 9.59 Å². The molecular formula is C18H16F3N3O4S. The number of sulfonamides is 1. The lowest BCUT2D eigenvalue weighted by molar-refractivity contribution is -0.117. The minimum atomic E-state index is -4.07. The third-order valence-electron chi connectivity index (χ3n) is 4.26. The zero-order chi connectivity index (χ0) is 21.2. The second-order valence-corrected chi connectivity index (χ2v) is 8.01. The van der Waals surface area contributed by atoms with Crippen molar-refractivity contribution < 1.29 is 31.2 Å². The molecule has 0 unspecified atom stereocenters. The largest absolute Gasteiger partial charge is 0.322 e. The maximum absolute atomic E-state index is 13.6. The van der Waals surface area contributed by atoms with Crippen molar-refractivity contribution in [1.29, 1.82) is 0 Å². The number of amides is 2. The third-order valence-corrected chi connectivity index (χ3v) is 5.68. The van der Waals surface area contributed by atoms with Crippen LogP contribution in [0.25, 0.3) is 0 Å². The highest BCUT2D eigenvalue weighted by atomic mass is 32.2. The van der Waals surface area contributed by atoms with E-state index in [-0.39, 0.29) is 10.8 Å². The smallest absolute Gasteiger partial charge is 0.241 e. The maximum atomic E-state index is 13.6. The molecule has 2 amide bonds. The normalized spacial score (nSPS) is 14.3. The number of benzene rings is 2. The van der Waals surface area contributed by atoms with E-state index in [9.17, 15) is 31.2 Å². The van der Waals surface area contributed by atoms with Crippen molar-refractivity contribution in [3.63, 3.8) is 0 Å². The Labute approximate surface area is 164 Å².